The van der Waals surface area contributed by atoms with Crippen LogP contribution in [0, 0.1) is 0 Å². The Labute approximate surface area is 128 Å². The van der Waals surface area contributed by atoms with Gasteiger partial charge in [0.25, 0.3) is 0 Å². The summed E-state index contributed by atoms with van der Waals surface area (Å²) in [5.74, 6) is 0.128. The number of hydrogen-bond acceptors (Lipinski definition) is 3. The Bertz CT molecular complexity index is 564. The van der Waals surface area contributed by atoms with Crippen molar-refractivity contribution in [3.8, 4) is 0 Å². The lowest BCUT2D eigenvalue weighted by Gasteiger charge is -2.25. The van der Waals surface area contributed by atoms with Gasteiger partial charge in [-0.15, -0.1) is 0 Å². The molecule has 0 aliphatic carbocycles. The minimum Gasteiger partial charge on any atom is -0.339 e. The number of carbonyl (C=O) groups excluding carboxylic acids is 1. The minimum absolute atomic E-state index is 0.0623. The van der Waals surface area contributed by atoms with E-state index in [0.29, 0.717) is 11.3 Å². The van der Waals surface area contributed by atoms with Gasteiger partial charge < -0.3 is 4.90 Å². The van der Waals surface area contributed by atoms with E-state index in [1.54, 1.807) is 36.2 Å². The molecular weight excluding hydrogens is 286 g/mol. The third kappa shape index (κ3) is 5.16. The van der Waals surface area contributed by atoms with Crippen molar-refractivity contribution < 1.29 is 13.2 Å². The maximum atomic E-state index is 12.1. The first-order valence-corrected chi connectivity index (χ1v) is 9.22. The van der Waals surface area contributed by atoms with Gasteiger partial charge in [0.2, 0.25) is 5.91 Å². The molecule has 118 valence electrons. The molecule has 1 unspecified atom stereocenters. The van der Waals surface area contributed by atoms with Crippen molar-refractivity contribution in [1.82, 2.24) is 4.90 Å². The second-order valence-corrected chi connectivity index (χ2v) is 7.49. The summed E-state index contributed by atoms with van der Waals surface area (Å²) in [7, 11) is -1.38. The van der Waals surface area contributed by atoms with Crippen LogP contribution >= 0.6 is 0 Å². The average molecular weight is 311 g/mol. The van der Waals surface area contributed by atoms with E-state index in [1.807, 2.05) is 6.92 Å². The molecule has 0 saturated carbocycles. The van der Waals surface area contributed by atoms with E-state index in [-0.39, 0.29) is 11.9 Å². The summed E-state index contributed by atoms with van der Waals surface area (Å²) in [6.45, 7) is 4.06. The molecule has 0 fully saturated rings. The maximum absolute atomic E-state index is 12.1. The monoisotopic (exact) mass is 311 g/mol. The highest BCUT2D eigenvalue weighted by Gasteiger charge is 2.17. The predicted octanol–water partition coefficient (Wildman–Crippen LogP) is 3.19. The van der Waals surface area contributed by atoms with Crippen molar-refractivity contribution in [2.45, 2.75) is 50.5 Å². The van der Waals surface area contributed by atoms with Gasteiger partial charge in [-0.2, -0.15) is 0 Å². The number of amides is 1. The Hall–Kier alpha value is -1.36. The van der Waals surface area contributed by atoms with Crippen LogP contribution in [-0.2, 0) is 14.6 Å². The van der Waals surface area contributed by atoms with Gasteiger partial charge in [-0.25, -0.2) is 8.42 Å². The van der Waals surface area contributed by atoms with Crippen LogP contribution in [0.1, 0.15) is 51.1 Å². The molecule has 0 aromatic heterocycles. The second-order valence-electron chi connectivity index (χ2n) is 5.48. The Morgan fingerprint density at radius 3 is 2.24 bits per heavy atom. The minimum atomic E-state index is -3.18. The van der Waals surface area contributed by atoms with Crippen LogP contribution in [-0.4, -0.2) is 32.5 Å². The van der Waals surface area contributed by atoms with Gasteiger partial charge in [0.1, 0.15) is 0 Å². The van der Waals surface area contributed by atoms with Gasteiger partial charge in [0, 0.05) is 19.7 Å². The van der Waals surface area contributed by atoms with Gasteiger partial charge in [0.15, 0.2) is 9.84 Å². The first-order valence-electron chi connectivity index (χ1n) is 7.33. The van der Waals surface area contributed by atoms with Crippen LogP contribution in [0.15, 0.2) is 29.2 Å². The number of unbranched alkanes of at least 4 members (excludes halogenated alkanes) is 2. The smallest absolute Gasteiger partial charge is 0.222 e. The quantitative estimate of drug-likeness (QED) is 0.727. The zero-order valence-corrected chi connectivity index (χ0v) is 14.1. The van der Waals surface area contributed by atoms with Crippen molar-refractivity contribution >= 4 is 15.7 Å². The first-order chi connectivity index (χ1) is 9.77. The summed E-state index contributed by atoms with van der Waals surface area (Å²) in [5.41, 5.74) is 0.939. The third-order valence-corrected chi connectivity index (χ3v) is 4.89. The number of hydrogen-bond donors (Lipinski definition) is 0. The molecule has 1 amide bonds. The van der Waals surface area contributed by atoms with Crippen LogP contribution < -0.4 is 0 Å². The molecule has 1 rings (SSSR count). The van der Waals surface area contributed by atoms with Crippen LogP contribution in [0.5, 0.6) is 0 Å². The number of nitrogens with zero attached hydrogens (tertiary/aromatic N) is 1. The summed E-state index contributed by atoms with van der Waals surface area (Å²) >= 11 is 0. The molecule has 21 heavy (non-hydrogen) atoms. The lowest BCUT2D eigenvalue weighted by molar-refractivity contribution is -0.131. The summed E-state index contributed by atoms with van der Waals surface area (Å²) < 4.78 is 22.9. The van der Waals surface area contributed by atoms with Crippen LogP contribution in [0.4, 0.5) is 0 Å². The highest BCUT2D eigenvalue weighted by Crippen LogP contribution is 2.21. The number of sulfone groups is 1. The van der Waals surface area contributed by atoms with E-state index in [1.165, 1.54) is 6.26 Å². The van der Waals surface area contributed by atoms with E-state index in [2.05, 4.69) is 6.92 Å². The summed E-state index contributed by atoms with van der Waals surface area (Å²) in [4.78, 5) is 14.1. The van der Waals surface area contributed by atoms with E-state index >= 15 is 0 Å². The molecule has 1 aromatic rings. The number of benzene rings is 1. The molecule has 0 spiro atoms. The van der Waals surface area contributed by atoms with Crippen LogP contribution in [0.25, 0.3) is 0 Å². The van der Waals surface area contributed by atoms with E-state index in [4.69, 9.17) is 0 Å². The molecular formula is C16H25NO3S. The fourth-order valence-corrected chi connectivity index (χ4v) is 2.77. The zero-order chi connectivity index (χ0) is 16.0. The van der Waals surface area contributed by atoms with Gasteiger partial charge in [-0.05, 0) is 31.0 Å². The lowest BCUT2D eigenvalue weighted by atomic mass is 10.1. The molecule has 5 heteroatoms. The third-order valence-electron chi connectivity index (χ3n) is 3.76. The van der Waals surface area contributed by atoms with Gasteiger partial charge in [-0.3, -0.25) is 4.79 Å². The lowest BCUT2D eigenvalue weighted by Crippen LogP contribution is -2.29. The Morgan fingerprint density at radius 2 is 1.76 bits per heavy atom. The first kappa shape index (κ1) is 17.7. The summed E-state index contributed by atoms with van der Waals surface area (Å²) in [6, 6.07) is 6.67. The Morgan fingerprint density at radius 1 is 1.19 bits per heavy atom. The van der Waals surface area contributed by atoms with Crippen molar-refractivity contribution in [2.75, 3.05) is 13.3 Å². The molecule has 0 N–H and O–H groups in total. The van der Waals surface area contributed by atoms with Gasteiger partial charge in [0.05, 0.1) is 10.9 Å². The highest BCUT2D eigenvalue weighted by atomic mass is 32.2. The number of rotatable bonds is 7. The van der Waals surface area contributed by atoms with Crippen molar-refractivity contribution in [2.24, 2.45) is 0 Å². The average Bonchev–Trinajstić information content (AvgIpc) is 2.45. The fourth-order valence-electron chi connectivity index (χ4n) is 2.14. The SMILES string of the molecule is CCCCCC(=O)N(C)C(C)c1ccc(S(C)(=O)=O)cc1. The standard InChI is InChI=1S/C16H25NO3S/c1-5-6-7-8-16(18)17(3)13(2)14-9-11-15(12-10-14)21(4,19)20/h9-13H,5-8H2,1-4H3. The van der Waals surface area contributed by atoms with Crippen molar-refractivity contribution in [3.63, 3.8) is 0 Å². The molecule has 0 aliphatic rings. The molecule has 0 saturated heterocycles. The normalized spacial score (nSPS) is 13.0. The maximum Gasteiger partial charge on any atom is 0.222 e. The zero-order valence-electron chi connectivity index (χ0n) is 13.3. The summed E-state index contributed by atoms with van der Waals surface area (Å²) in [6.07, 6.45) is 4.83. The molecule has 0 radical (unpaired) electrons. The molecule has 1 aromatic carbocycles. The molecule has 0 bridgehead atoms. The van der Waals surface area contributed by atoms with E-state index in [0.717, 1.165) is 24.8 Å². The summed E-state index contributed by atoms with van der Waals surface area (Å²) in [5, 5.41) is 0. The second kappa shape index (κ2) is 7.59. The molecule has 4 nitrogen and oxygen atoms in total. The van der Waals surface area contributed by atoms with Crippen molar-refractivity contribution in [1.29, 1.82) is 0 Å². The molecule has 0 heterocycles. The predicted molar refractivity (Wildman–Crippen MR) is 84.9 cm³/mol. The van der Waals surface area contributed by atoms with Crippen LogP contribution in [0.3, 0.4) is 0 Å². The van der Waals surface area contributed by atoms with Gasteiger partial charge >= 0.3 is 0 Å². The molecule has 1 atom stereocenters. The largest absolute Gasteiger partial charge is 0.339 e. The van der Waals surface area contributed by atoms with E-state index < -0.39 is 9.84 Å². The van der Waals surface area contributed by atoms with Gasteiger partial charge in [-0.1, -0.05) is 31.9 Å². The Balaban J connectivity index is 2.74. The highest BCUT2D eigenvalue weighted by molar-refractivity contribution is 7.90. The topological polar surface area (TPSA) is 54.5 Å². The van der Waals surface area contributed by atoms with E-state index in [9.17, 15) is 13.2 Å². The molecule has 0 aliphatic heterocycles. The fraction of sp³-hybridized carbons (Fsp3) is 0.562. The van der Waals surface area contributed by atoms with Crippen LogP contribution in [0.2, 0.25) is 0 Å². The Kier molecular flexibility index (Phi) is 6.40. The van der Waals surface area contributed by atoms with Crippen molar-refractivity contribution in [3.05, 3.63) is 29.8 Å². The number of carbonyl (C=O) groups is 1.